The van der Waals surface area contributed by atoms with Crippen LogP contribution >= 0.6 is 11.3 Å². The molecule has 0 aromatic carbocycles. The fourth-order valence-corrected chi connectivity index (χ4v) is 3.64. The number of aryl methyl sites for hydroxylation is 1. The smallest absolute Gasteiger partial charge is 0.242 e. The number of fused-ring (bicyclic) bond motifs is 1. The van der Waals surface area contributed by atoms with Gasteiger partial charge < -0.3 is 11.1 Å². The van der Waals surface area contributed by atoms with Gasteiger partial charge in [0.25, 0.3) is 0 Å². The summed E-state index contributed by atoms with van der Waals surface area (Å²) in [5, 5.41) is 4.01. The lowest BCUT2D eigenvalue weighted by Gasteiger charge is -2.15. The zero-order valence-electron chi connectivity index (χ0n) is 11.4. The Morgan fingerprint density at radius 1 is 1.33 bits per heavy atom. The van der Waals surface area contributed by atoms with E-state index in [1.165, 1.54) is 28.8 Å². The summed E-state index contributed by atoms with van der Waals surface area (Å²) in [6, 6.07) is -0.427. The first-order chi connectivity index (χ1) is 8.50. The topological polar surface area (TPSA) is 55.1 Å². The van der Waals surface area contributed by atoms with Gasteiger partial charge in [-0.1, -0.05) is 13.8 Å². The first-order valence-electron chi connectivity index (χ1n) is 6.68. The van der Waals surface area contributed by atoms with E-state index in [-0.39, 0.29) is 11.8 Å². The standard InChI is InChI=1S/C14H22N2OS/c1-8(2)12(15)13(17)16-14-9(3)10-6-4-5-7-11(10)18-14/h8,12H,4-7,15H2,1-3H3,(H,16,17)/t12-/m0/s1. The van der Waals surface area contributed by atoms with Crippen LogP contribution in [0, 0.1) is 12.8 Å². The van der Waals surface area contributed by atoms with Gasteiger partial charge in [0.2, 0.25) is 5.91 Å². The van der Waals surface area contributed by atoms with Crippen molar-refractivity contribution in [3.05, 3.63) is 16.0 Å². The number of anilines is 1. The Kier molecular flexibility index (Phi) is 4.07. The molecule has 18 heavy (non-hydrogen) atoms. The number of rotatable bonds is 3. The van der Waals surface area contributed by atoms with Crippen LogP contribution in [-0.4, -0.2) is 11.9 Å². The van der Waals surface area contributed by atoms with E-state index in [2.05, 4.69) is 12.2 Å². The lowest BCUT2D eigenvalue weighted by molar-refractivity contribution is -0.118. The summed E-state index contributed by atoms with van der Waals surface area (Å²) < 4.78 is 0. The van der Waals surface area contributed by atoms with Crippen molar-refractivity contribution in [2.45, 2.75) is 52.5 Å². The van der Waals surface area contributed by atoms with Crippen LogP contribution < -0.4 is 11.1 Å². The molecule has 0 saturated heterocycles. The second kappa shape index (κ2) is 5.41. The van der Waals surface area contributed by atoms with E-state index in [0.717, 1.165) is 17.8 Å². The molecule has 0 fully saturated rings. The van der Waals surface area contributed by atoms with Gasteiger partial charge >= 0.3 is 0 Å². The van der Waals surface area contributed by atoms with E-state index in [1.807, 2.05) is 13.8 Å². The second-order valence-corrected chi connectivity index (χ2v) is 6.53. The zero-order chi connectivity index (χ0) is 13.3. The van der Waals surface area contributed by atoms with Crippen LogP contribution in [-0.2, 0) is 17.6 Å². The summed E-state index contributed by atoms with van der Waals surface area (Å²) >= 11 is 1.73. The molecule has 1 aliphatic rings. The minimum Gasteiger partial charge on any atom is -0.320 e. The molecule has 0 saturated carbocycles. The minimum absolute atomic E-state index is 0.0632. The highest BCUT2D eigenvalue weighted by atomic mass is 32.1. The van der Waals surface area contributed by atoms with E-state index < -0.39 is 6.04 Å². The van der Waals surface area contributed by atoms with Crippen molar-refractivity contribution in [2.24, 2.45) is 11.7 Å². The summed E-state index contributed by atoms with van der Waals surface area (Å²) in [6.45, 7) is 6.05. The van der Waals surface area contributed by atoms with Crippen LogP contribution in [0.4, 0.5) is 5.00 Å². The fraction of sp³-hybridized carbons (Fsp3) is 0.643. The van der Waals surface area contributed by atoms with Crippen molar-refractivity contribution >= 4 is 22.2 Å². The quantitative estimate of drug-likeness (QED) is 0.884. The predicted octanol–water partition coefficient (Wildman–Crippen LogP) is 2.86. The predicted molar refractivity (Wildman–Crippen MR) is 77.1 cm³/mol. The average molecular weight is 266 g/mol. The summed E-state index contributed by atoms with van der Waals surface area (Å²) in [4.78, 5) is 13.4. The van der Waals surface area contributed by atoms with Gasteiger partial charge in [0.15, 0.2) is 0 Å². The minimum atomic E-state index is -0.427. The summed E-state index contributed by atoms with van der Waals surface area (Å²) in [5.41, 5.74) is 8.58. The maximum absolute atomic E-state index is 12.0. The molecule has 1 aromatic heterocycles. The van der Waals surface area contributed by atoms with Crippen molar-refractivity contribution in [1.29, 1.82) is 0 Å². The van der Waals surface area contributed by atoms with E-state index in [4.69, 9.17) is 5.73 Å². The van der Waals surface area contributed by atoms with Crippen LogP contribution in [0.2, 0.25) is 0 Å². The Morgan fingerprint density at radius 3 is 2.61 bits per heavy atom. The van der Waals surface area contributed by atoms with Crippen molar-refractivity contribution in [1.82, 2.24) is 0 Å². The highest BCUT2D eigenvalue weighted by Gasteiger charge is 2.22. The molecule has 0 spiro atoms. The van der Waals surface area contributed by atoms with Crippen molar-refractivity contribution < 1.29 is 4.79 Å². The molecular formula is C14H22N2OS. The van der Waals surface area contributed by atoms with Crippen LogP contribution in [0.25, 0.3) is 0 Å². The molecule has 0 radical (unpaired) electrons. The maximum Gasteiger partial charge on any atom is 0.242 e. The van der Waals surface area contributed by atoms with Crippen molar-refractivity contribution in [2.75, 3.05) is 5.32 Å². The van der Waals surface area contributed by atoms with Crippen LogP contribution in [0.5, 0.6) is 0 Å². The maximum atomic E-state index is 12.0. The third-order valence-corrected chi connectivity index (χ3v) is 5.00. The Labute approximate surface area is 113 Å². The number of nitrogens with one attached hydrogen (secondary N) is 1. The highest BCUT2D eigenvalue weighted by molar-refractivity contribution is 7.16. The molecule has 0 bridgehead atoms. The average Bonchev–Trinajstić information content (AvgIpc) is 2.66. The monoisotopic (exact) mass is 266 g/mol. The molecule has 1 heterocycles. The molecule has 100 valence electrons. The molecule has 3 N–H and O–H groups in total. The van der Waals surface area contributed by atoms with Gasteiger partial charge in [0.1, 0.15) is 0 Å². The van der Waals surface area contributed by atoms with Gasteiger partial charge in [-0.3, -0.25) is 4.79 Å². The number of hydrogen-bond donors (Lipinski definition) is 2. The van der Waals surface area contributed by atoms with E-state index >= 15 is 0 Å². The molecule has 3 nitrogen and oxygen atoms in total. The van der Waals surface area contributed by atoms with Gasteiger partial charge in [-0.2, -0.15) is 0 Å². The number of amides is 1. The van der Waals surface area contributed by atoms with Crippen LogP contribution in [0.3, 0.4) is 0 Å². The molecule has 1 aromatic rings. The second-order valence-electron chi connectivity index (χ2n) is 5.42. The van der Waals surface area contributed by atoms with E-state index in [0.29, 0.717) is 0 Å². The molecule has 1 amide bonds. The number of carbonyl (C=O) groups excluding carboxylic acids is 1. The lowest BCUT2D eigenvalue weighted by atomic mass is 9.96. The SMILES string of the molecule is Cc1c(NC(=O)[C@@H](N)C(C)C)sc2c1CCCC2. The first-order valence-corrected chi connectivity index (χ1v) is 7.50. The molecule has 2 rings (SSSR count). The molecule has 4 heteroatoms. The zero-order valence-corrected chi connectivity index (χ0v) is 12.2. The van der Waals surface area contributed by atoms with Gasteiger partial charge in [-0.05, 0) is 49.7 Å². The summed E-state index contributed by atoms with van der Waals surface area (Å²) in [6.07, 6.45) is 4.85. The highest BCUT2D eigenvalue weighted by Crippen LogP contribution is 2.37. The molecule has 1 atom stereocenters. The molecular weight excluding hydrogens is 244 g/mol. The molecule has 1 aliphatic carbocycles. The van der Waals surface area contributed by atoms with Gasteiger partial charge in [0, 0.05) is 4.88 Å². The third-order valence-electron chi connectivity index (χ3n) is 3.69. The largest absolute Gasteiger partial charge is 0.320 e. The summed E-state index contributed by atoms with van der Waals surface area (Å²) in [5.74, 6) is 0.103. The third kappa shape index (κ3) is 2.59. The van der Waals surface area contributed by atoms with Crippen molar-refractivity contribution in [3.63, 3.8) is 0 Å². The number of nitrogens with two attached hydrogens (primary N) is 1. The van der Waals surface area contributed by atoms with Crippen molar-refractivity contribution in [3.8, 4) is 0 Å². The van der Waals surface area contributed by atoms with Gasteiger partial charge in [-0.25, -0.2) is 0 Å². The van der Waals surface area contributed by atoms with E-state index in [9.17, 15) is 4.79 Å². The Hall–Kier alpha value is -0.870. The normalized spacial score (nSPS) is 16.5. The molecule has 0 aliphatic heterocycles. The number of thiophene rings is 1. The van der Waals surface area contributed by atoms with Crippen LogP contribution in [0.1, 0.15) is 42.7 Å². The number of carbonyl (C=O) groups is 1. The van der Waals surface area contributed by atoms with Crippen LogP contribution in [0.15, 0.2) is 0 Å². The molecule has 0 unspecified atom stereocenters. The Balaban J connectivity index is 2.15. The Bertz CT molecular complexity index is 451. The fourth-order valence-electron chi connectivity index (χ4n) is 2.34. The Morgan fingerprint density at radius 2 is 2.00 bits per heavy atom. The number of hydrogen-bond acceptors (Lipinski definition) is 3. The first kappa shape index (κ1) is 13.6. The lowest BCUT2D eigenvalue weighted by Crippen LogP contribution is -2.39. The summed E-state index contributed by atoms with van der Waals surface area (Å²) in [7, 11) is 0. The van der Waals surface area contributed by atoms with Gasteiger partial charge in [-0.15, -0.1) is 11.3 Å². The van der Waals surface area contributed by atoms with Gasteiger partial charge in [0.05, 0.1) is 11.0 Å². The van der Waals surface area contributed by atoms with E-state index in [1.54, 1.807) is 11.3 Å².